The quantitative estimate of drug-likeness (QED) is 0.290. The van der Waals surface area contributed by atoms with E-state index >= 15 is 0 Å². The van der Waals surface area contributed by atoms with E-state index in [0.717, 1.165) is 0 Å². The number of thioether (sulfide) groups is 1. The van der Waals surface area contributed by atoms with Crippen LogP contribution in [0, 0.1) is 0 Å². The number of hydrogen-bond acceptors (Lipinski definition) is 3. The fourth-order valence-corrected chi connectivity index (χ4v) is 6.38. The first kappa shape index (κ1) is 33.1. The molecule has 36 heavy (non-hydrogen) atoms. The first-order valence-corrected chi connectivity index (χ1v) is 9.52. The summed E-state index contributed by atoms with van der Waals surface area (Å²) in [5.41, 5.74) is -17.0. The summed E-state index contributed by atoms with van der Waals surface area (Å²) < 4.78 is 277. The van der Waals surface area contributed by atoms with Gasteiger partial charge in [0.25, 0.3) is 0 Å². The molecular formula is C10F22O2S2. The summed E-state index contributed by atoms with van der Waals surface area (Å²) in [4.78, 5) is 0. The van der Waals surface area contributed by atoms with E-state index in [9.17, 15) is 96.6 Å². The largest absolute Gasteiger partial charge is 0.438 e. The van der Waals surface area contributed by atoms with Gasteiger partial charge in [0.05, 0.1) is 0 Å². The van der Waals surface area contributed by atoms with Crippen LogP contribution in [0.2, 0.25) is 0 Å². The van der Waals surface area contributed by atoms with Crippen molar-refractivity contribution in [2.75, 3.05) is 0 Å². The highest BCUT2D eigenvalue weighted by atomic mass is 32.3. The van der Waals surface area contributed by atoms with Crippen molar-refractivity contribution >= 4 is 22.4 Å². The molecule has 0 aromatic rings. The lowest BCUT2D eigenvalue weighted by Gasteiger charge is -2.62. The Bertz CT molecular complexity index is 683. The zero-order valence-electron chi connectivity index (χ0n) is 14.9. The molecule has 1 rings (SSSR count). The summed E-state index contributed by atoms with van der Waals surface area (Å²) in [7, 11) is -9.09. The number of rotatable bonds is 4. The number of alkyl halides is 22. The molecule has 0 unspecified atom stereocenters. The third kappa shape index (κ3) is 4.29. The normalized spacial score (nSPS) is 22.7. The second-order valence-electron chi connectivity index (χ2n) is 6.05. The third-order valence-corrected chi connectivity index (χ3v) is 8.26. The van der Waals surface area contributed by atoms with Gasteiger partial charge in [-0.2, -0.15) is 96.6 Å². The molecule has 218 valence electrons. The first-order valence-electron chi connectivity index (χ1n) is 7.22. The van der Waals surface area contributed by atoms with Crippen molar-refractivity contribution in [1.82, 2.24) is 0 Å². The Morgan fingerprint density at radius 1 is 0.389 bits per heavy atom. The minimum Gasteiger partial charge on any atom is -0.238 e. The van der Waals surface area contributed by atoms with Crippen molar-refractivity contribution in [2.45, 2.75) is 57.4 Å². The maximum absolute atomic E-state index is 13.8. The van der Waals surface area contributed by atoms with E-state index in [2.05, 4.69) is 0 Å². The summed E-state index contributed by atoms with van der Waals surface area (Å²) >= 11 is -2.84. The van der Waals surface area contributed by atoms with E-state index in [0.29, 0.717) is 0 Å². The molecule has 0 spiro atoms. The molecular weight excluding hydrogens is 634 g/mol. The third-order valence-electron chi connectivity index (χ3n) is 3.74. The molecule has 0 aromatic heterocycles. The van der Waals surface area contributed by atoms with Crippen LogP contribution < -0.4 is 0 Å². The topological polar surface area (TPSA) is 18.5 Å². The van der Waals surface area contributed by atoms with Crippen molar-refractivity contribution in [2.24, 2.45) is 0 Å². The minimum absolute atomic E-state index is 1.69. The lowest BCUT2D eigenvalue weighted by Crippen LogP contribution is -2.73. The van der Waals surface area contributed by atoms with Crippen molar-refractivity contribution in [3.05, 3.63) is 0 Å². The van der Waals surface area contributed by atoms with Crippen molar-refractivity contribution in [3.8, 4) is 0 Å². The van der Waals surface area contributed by atoms with Gasteiger partial charge in [-0.3, -0.25) is 0 Å². The van der Waals surface area contributed by atoms with Gasteiger partial charge in [0.1, 0.15) is 0 Å². The van der Waals surface area contributed by atoms with E-state index in [4.69, 9.17) is 0 Å². The van der Waals surface area contributed by atoms with E-state index in [1.165, 1.54) is 0 Å². The molecule has 0 N–H and O–H groups in total. The van der Waals surface area contributed by atoms with Gasteiger partial charge < -0.3 is 0 Å². The molecule has 0 atom stereocenters. The van der Waals surface area contributed by atoms with Crippen LogP contribution in [-0.4, -0.2) is 57.4 Å². The van der Waals surface area contributed by atoms with Crippen LogP contribution in [0.15, 0.2) is 0 Å². The van der Waals surface area contributed by atoms with Gasteiger partial charge >= 0.3 is 57.4 Å². The summed E-state index contributed by atoms with van der Waals surface area (Å²) in [6.45, 7) is 0. The van der Waals surface area contributed by atoms with Crippen LogP contribution in [-0.2, 0) is 8.37 Å². The van der Waals surface area contributed by atoms with Gasteiger partial charge in [0, 0.05) is 11.8 Å². The zero-order chi connectivity index (χ0) is 29.6. The standard InChI is InChI=1S/C10F22O2S2/c11-3(12,13)1(4(14,15)16,5(17,18)19)33-36(9(29,30)35-10(36,31)32)34-2(6(20,21)22,7(23,24)25)8(26,27)28. The lowest BCUT2D eigenvalue weighted by atomic mass is 10.0. The van der Waals surface area contributed by atoms with Crippen LogP contribution in [0.3, 0.4) is 0 Å². The molecule has 1 fully saturated rings. The molecule has 0 aromatic carbocycles. The molecule has 1 aliphatic rings. The monoisotopic (exact) mass is 634 g/mol. The highest BCUT2D eigenvalue weighted by Gasteiger charge is 2.96. The van der Waals surface area contributed by atoms with Gasteiger partial charge in [-0.05, 0) is 10.6 Å². The SMILES string of the molecule is FC(F)(F)C(OS1(OC(C(F)(F)F)(C(F)(F)F)C(F)(F)F)C(F)(F)SC1(F)F)(C(F)(F)F)C(F)(F)F. The van der Waals surface area contributed by atoms with Crippen LogP contribution >= 0.6 is 22.4 Å². The summed E-state index contributed by atoms with van der Waals surface area (Å²) in [6.07, 6.45) is -50.3. The second kappa shape index (κ2) is 8.05. The van der Waals surface area contributed by atoms with Crippen molar-refractivity contribution in [3.63, 3.8) is 0 Å². The Balaban J connectivity index is 4.31. The van der Waals surface area contributed by atoms with E-state index < -0.39 is 79.8 Å². The molecule has 2 nitrogen and oxygen atoms in total. The fourth-order valence-electron chi connectivity index (χ4n) is 2.16. The molecule has 0 radical (unpaired) electrons. The molecule has 0 saturated carbocycles. The van der Waals surface area contributed by atoms with Gasteiger partial charge in [-0.15, -0.1) is 0 Å². The maximum atomic E-state index is 13.8. The Labute approximate surface area is 185 Å². The Morgan fingerprint density at radius 3 is 0.667 bits per heavy atom. The van der Waals surface area contributed by atoms with Crippen molar-refractivity contribution in [1.29, 1.82) is 0 Å². The summed E-state index contributed by atoms with van der Waals surface area (Å²) in [5.74, 6) is 0. The Morgan fingerprint density at radius 2 is 0.556 bits per heavy atom. The lowest BCUT2D eigenvalue weighted by molar-refractivity contribution is -0.449. The van der Waals surface area contributed by atoms with Gasteiger partial charge in [-0.1, -0.05) is 0 Å². The number of hydrogen-bond donors (Lipinski definition) is 0. The molecule has 1 aliphatic heterocycles. The highest BCUT2D eigenvalue weighted by Crippen LogP contribution is 2.92. The van der Waals surface area contributed by atoms with Gasteiger partial charge in [0.2, 0.25) is 0 Å². The first-order chi connectivity index (χ1) is 15.1. The van der Waals surface area contributed by atoms with Crippen LogP contribution in [0.5, 0.6) is 0 Å². The maximum Gasteiger partial charge on any atom is 0.438 e. The van der Waals surface area contributed by atoms with Gasteiger partial charge in [0.15, 0.2) is 0 Å². The van der Waals surface area contributed by atoms with E-state index in [-0.39, 0.29) is 0 Å². The molecule has 26 heteroatoms. The summed E-state index contributed by atoms with van der Waals surface area (Å²) in [5, 5.41) is 0. The van der Waals surface area contributed by atoms with E-state index in [1.54, 1.807) is 8.37 Å². The summed E-state index contributed by atoms with van der Waals surface area (Å²) in [6, 6.07) is 0. The van der Waals surface area contributed by atoms with Crippen LogP contribution in [0.4, 0.5) is 96.6 Å². The predicted octanol–water partition coefficient (Wildman–Crippen LogP) is 8.35. The average molecular weight is 634 g/mol. The second-order valence-corrected chi connectivity index (χ2v) is 10.2. The fraction of sp³-hybridized carbons (Fsp3) is 1.00. The average Bonchev–Trinajstić information content (AvgIpc) is 2.44. The van der Waals surface area contributed by atoms with Crippen LogP contribution in [0.25, 0.3) is 0 Å². The molecule has 0 bridgehead atoms. The molecule has 0 amide bonds. The molecule has 0 aliphatic carbocycles. The Kier molecular flexibility index (Phi) is 7.40. The van der Waals surface area contributed by atoms with Crippen LogP contribution in [0.1, 0.15) is 0 Å². The predicted molar refractivity (Wildman–Crippen MR) is 69.0 cm³/mol. The minimum atomic E-state index is -9.09. The number of halogens is 22. The Hall–Kier alpha value is -0.920. The van der Waals surface area contributed by atoms with E-state index in [1.807, 2.05) is 0 Å². The molecule has 1 heterocycles. The van der Waals surface area contributed by atoms with Crippen molar-refractivity contribution < 1.29 is 105 Å². The van der Waals surface area contributed by atoms with Gasteiger partial charge in [-0.25, -0.2) is 8.37 Å². The highest BCUT2D eigenvalue weighted by molar-refractivity contribution is 8.49. The smallest absolute Gasteiger partial charge is 0.238 e. The molecule has 1 saturated heterocycles. The zero-order valence-corrected chi connectivity index (χ0v) is 16.6.